The molecule has 0 aromatic heterocycles. The second-order valence-corrected chi connectivity index (χ2v) is 10.1. The normalized spacial score (nSPS) is 17.7. The van der Waals surface area contributed by atoms with Gasteiger partial charge in [0, 0.05) is 34.6 Å². The molecule has 0 fully saturated rings. The predicted molar refractivity (Wildman–Crippen MR) is 89.3 cm³/mol. The Bertz CT molecular complexity index is 441. The molecule has 120 valence electrons. The topological polar surface area (TPSA) is 40.6 Å². The Balaban J connectivity index is 5.15. The van der Waals surface area contributed by atoms with Crippen molar-refractivity contribution < 1.29 is 9.00 Å². The molecular formula is C15H32N2O2S. The van der Waals surface area contributed by atoms with E-state index in [0.717, 1.165) is 0 Å². The molecule has 0 aliphatic heterocycles. The lowest BCUT2D eigenvalue weighted by Crippen LogP contribution is -2.52. The smallest absolute Gasteiger partial charge is 0.237 e. The van der Waals surface area contributed by atoms with Gasteiger partial charge < -0.3 is 4.90 Å². The molecule has 0 aromatic rings. The van der Waals surface area contributed by atoms with Crippen LogP contribution >= 0.6 is 0 Å². The molecule has 0 saturated heterocycles. The highest BCUT2D eigenvalue weighted by Crippen LogP contribution is 2.24. The highest BCUT2D eigenvalue weighted by Gasteiger charge is 2.32. The Hall–Kier alpha value is -0.550. The lowest BCUT2D eigenvalue weighted by molar-refractivity contribution is -0.134. The van der Waals surface area contributed by atoms with Gasteiger partial charge in [0.05, 0.1) is 6.54 Å². The fraction of sp³-hybridized carbons (Fsp3) is 0.867. The van der Waals surface area contributed by atoms with Crippen molar-refractivity contribution in [2.24, 2.45) is 5.41 Å². The summed E-state index contributed by atoms with van der Waals surface area (Å²) < 4.78 is 14.0. The number of likely N-dealkylation sites (N-methyl/N-ethyl adjacent to an activating group) is 1. The Kier molecular flexibility index (Phi) is 5.89. The maximum Gasteiger partial charge on any atom is 0.237 e. The molecule has 2 atom stereocenters. The van der Waals surface area contributed by atoms with E-state index >= 15 is 0 Å². The summed E-state index contributed by atoms with van der Waals surface area (Å²) in [5.41, 5.74) is -0.357. The highest BCUT2D eigenvalue weighted by atomic mass is 32.2. The first-order valence-electron chi connectivity index (χ1n) is 6.94. The first kappa shape index (κ1) is 19.4. The van der Waals surface area contributed by atoms with Gasteiger partial charge in [0.2, 0.25) is 5.91 Å². The number of rotatable bonds is 4. The first-order chi connectivity index (χ1) is 8.58. The fourth-order valence-electron chi connectivity index (χ4n) is 1.98. The van der Waals surface area contributed by atoms with Gasteiger partial charge >= 0.3 is 0 Å². The van der Waals surface area contributed by atoms with Gasteiger partial charge in [-0.3, -0.25) is 9.00 Å². The van der Waals surface area contributed by atoms with Crippen LogP contribution in [0.4, 0.5) is 0 Å². The zero-order chi connectivity index (χ0) is 16.5. The minimum atomic E-state index is -2.43. The quantitative estimate of drug-likeness (QED) is 0.747. The molecular weight excluding hydrogens is 272 g/mol. The van der Waals surface area contributed by atoms with Gasteiger partial charge in [-0.25, -0.2) is 4.31 Å². The van der Waals surface area contributed by atoms with Gasteiger partial charge in [-0.1, -0.05) is 20.8 Å². The molecule has 0 N–H and O–H groups in total. The van der Waals surface area contributed by atoms with E-state index in [1.54, 1.807) is 22.5 Å². The van der Waals surface area contributed by atoms with Gasteiger partial charge in [0.1, 0.15) is 0 Å². The number of carbonyl (C=O) groups excluding carboxylic acids is 1. The summed E-state index contributed by atoms with van der Waals surface area (Å²) in [6, 6.07) is 0.106. The fourth-order valence-corrected chi connectivity index (χ4v) is 3.53. The largest absolute Gasteiger partial charge is 0.341 e. The summed E-state index contributed by atoms with van der Waals surface area (Å²) in [4.78, 5) is 14.2. The van der Waals surface area contributed by atoms with Crippen molar-refractivity contribution in [3.8, 4) is 0 Å². The Labute approximate surface area is 125 Å². The molecule has 1 amide bonds. The molecule has 0 saturated carbocycles. The summed E-state index contributed by atoms with van der Waals surface area (Å²) in [6.07, 6.45) is 1.58. The standard InChI is InChI=1S/C15H32N2O2S/c1-12(14(2,3)4)16(8)13(18)11-17(15(5,6)7)20(9,10)19/h12H,9,11H2,1-8,10H3. The summed E-state index contributed by atoms with van der Waals surface area (Å²) >= 11 is 0. The molecule has 0 radical (unpaired) electrons. The van der Waals surface area contributed by atoms with Crippen molar-refractivity contribution in [3.05, 3.63) is 0 Å². The van der Waals surface area contributed by atoms with E-state index < -0.39 is 9.71 Å². The maximum absolute atomic E-state index is 12.5. The monoisotopic (exact) mass is 304 g/mol. The van der Waals surface area contributed by atoms with Crippen LogP contribution < -0.4 is 0 Å². The number of hydrogen-bond donors (Lipinski definition) is 0. The van der Waals surface area contributed by atoms with Gasteiger partial charge in [-0.15, -0.1) is 0 Å². The molecule has 0 aliphatic carbocycles. The summed E-state index contributed by atoms with van der Waals surface area (Å²) in [5.74, 6) is 3.70. The van der Waals surface area contributed by atoms with Crippen LogP contribution in [0, 0.1) is 5.41 Å². The van der Waals surface area contributed by atoms with E-state index in [9.17, 15) is 9.00 Å². The number of hydrogen-bond acceptors (Lipinski definition) is 2. The van der Waals surface area contributed by atoms with Crippen LogP contribution in [-0.4, -0.2) is 56.6 Å². The van der Waals surface area contributed by atoms with E-state index in [1.165, 1.54) is 0 Å². The molecule has 0 bridgehead atoms. The number of amides is 1. The highest BCUT2D eigenvalue weighted by molar-refractivity contribution is 7.97. The van der Waals surface area contributed by atoms with Crippen molar-refractivity contribution in [1.82, 2.24) is 9.21 Å². The van der Waals surface area contributed by atoms with Crippen molar-refractivity contribution in [2.45, 2.75) is 60.0 Å². The number of carbonyl (C=O) groups is 1. The molecule has 0 aliphatic rings. The molecule has 0 aromatic carbocycles. The van der Waals surface area contributed by atoms with Crippen LogP contribution in [0.5, 0.6) is 0 Å². The van der Waals surface area contributed by atoms with Crippen molar-refractivity contribution in [3.63, 3.8) is 0 Å². The number of nitrogens with zero attached hydrogens (tertiary/aromatic N) is 2. The summed E-state index contributed by atoms with van der Waals surface area (Å²) in [7, 11) is -0.621. The van der Waals surface area contributed by atoms with Crippen molar-refractivity contribution >= 4 is 21.5 Å². The molecule has 4 nitrogen and oxygen atoms in total. The molecule has 2 unspecified atom stereocenters. The van der Waals surface area contributed by atoms with Crippen LogP contribution in [0.15, 0.2) is 0 Å². The third-order valence-electron chi connectivity index (χ3n) is 3.72. The minimum Gasteiger partial charge on any atom is -0.341 e. The molecule has 20 heavy (non-hydrogen) atoms. The van der Waals surface area contributed by atoms with Crippen molar-refractivity contribution in [1.29, 1.82) is 0 Å². The van der Waals surface area contributed by atoms with E-state index in [0.29, 0.717) is 0 Å². The zero-order valence-electron chi connectivity index (χ0n) is 14.6. The van der Waals surface area contributed by atoms with E-state index in [-0.39, 0.29) is 29.4 Å². The molecule has 5 heteroatoms. The SMILES string of the molecule is C=S(C)(=O)N(CC(=O)N(C)C(C)C(C)(C)C)C(C)(C)C. The molecule has 0 heterocycles. The van der Waals surface area contributed by atoms with Gasteiger partial charge in [0.15, 0.2) is 0 Å². The maximum atomic E-state index is 12.5. The average molecular weight is 305 g/mol. The second kappa shape index (κ2) is 6.06. The van der Waals surface area contributed by atoms with Gasteiger partial charge in [0.25, 0.3) is 0 Å². The van der Waals surface area contributed by atoms with Gasteiger partial charge in [-0.05, 0) is 39.0 Å². The minimum absolute atomic E-state index is 0.00899. The molecule has 0 spiro atoms. The van der Waals surface area contributed by atoms with Crippen LogP contribution in [0.2, 0.25) is 0 Å². The lowest BCUT2D eigenvalue weighted by Gasteiger charge is -2.39. The Morgan fingerprint density at radius 1 is 1.20 bits per heavy atom. The van der Waals surface area contributed by atoms with Gasteiger partial charge in [-0.2, -0.15) is 0 Å². The lowest BCUT2D eigenvalue weighted by atomic mass is 9.87. The third kappa shape index (κ3) is 5.44. The average Bonchev–Trinajstić information content (AvgIpc) is 2.18. The zero-order valence-corrected chi connectivity index (χ0v) is 15.4. The van der Waals surface area contributed by atoms with E-state index in [1.807, 2.05) is 27.7 Å². The van der Waals surface area contributed by atoms with Crippen molar-refractivity contribution in [2.75, 3.05) is 19.8 Å². The third-order valence-corrected chi connectivity index (χ3v) is 5.33. The van der Waals surface area contributed by atoms with Crippen LogP contribution in [-0.2, 0) is 14.5 Å². The molecule has 0 rings (SSSR count). The summed E-state index contributed by atoms with van der Waals surface area (Å²) in [5, 5.41) is 0. The first-order valence-corrected chi connectivity index (χ1v) is 9.03. The Morgan fingerprint density at radius 3 is 1.85 bits per heavy atom. The second-order valence-electron chi connectivity index (χ2n) is 7.71. The van der Waals surface area contributed by atoms with E-state index in [4.69, 9.17) is 0 Å². The Morgan fingerprint density at radius 2 is 1.60 bits per heavy atom. The summed E-state index contributed by atoms with van der Waals surface area (Å²) in [6.45, 7) is 14.3. The van der Waals surface area contributed by atoms with E-state index in [2.05, 4.69) is 26.6 Å². The van der Waals surface area contributed by atoms with Crippen LogP contribution in [0.1, 0.15) is 48.5 Å². The predicted octanol–water partition coefficient (Wildman–Crippen LogP) is 2.24. The van der Waals surface area contributed by atoms with Crippen LogP contribution in [0.25, 0.3) is 0 Å². The van der Waals surface area contributed by atoms with Crippen LogP contribution in [0.3, 0.4) is 0 Å².